The molecule has 20 heavy (non-hydrogen) atoms. The topological polar surface area (TPSA) is 33.0 Å². The Morgan fingerprint density at radius 3 is 2.45 bits per heavy atom. The van der Waals surface area contributed by atoms with Crippen LogP contribution in [0.5, 0.6) is 5.75 Å². The summed E-state index contributed by atoms with van der Waals surface area (Å²) in [4.78, 5) is 0. The zero-order valence-corrected chi connectivity index (χ0v) is 12.7. The van der Waals surface area contributed by atoms with Gasteiger partial charge in [-0.3, -0.25) is 0 Å². The van der Waals surface area contributed by atoms with Crippen molar-refractivity contribution in [3.05, 3.63) is 52.0 Å². The van der Waals surface area contributed by atoms with Gasteiger partial charge < -0.3 is 4.74 Å². The van der Waals surface area contributed by atoms with Gasteiger partial charge >= 0.3 is 0 Å². The molecule has 0 aliphatic rings. The van der Waals surface area contributed by atoms with Crippen molar-refractivity contribution >= 4 is 23.2 Å². The monoisotopic (exact) mass is 305 g/mol. The van der Waals surface area contributed by atoms with E-state index in [0.29, 0.717) is 21.4 Å². The van der Waals surface area contributed by atoms with Crippen molar-refractivity contribution in [3.63, 3.8) is 0 Å². The third kappa shape index (κ3) is 3.25. The molecule has 0 saturated heterocycles. The van der Waals surface area contributed by atoms with Crippen LogP contribution in [-0.2, 0) is 0 Å². The smallest absolute Gasteiger partial charge is 0.138 e. The summed E-state index contributed by atoms with van der Waals surface area (Å²) in [5.74, 6) is 0.561. The van der Waals surface area contributed by atoms with Crippen molar-refractivity contribution in [3.8, 4) is 22.9 Å². The maximum atomic E-state index is 9.11. The molecular formula is C16H13Cl2NO. The fourth-order valence-electron chi connectivity index (χ4n) is 1.86. The molecule has 0 amide bonds. The largest absolute Gasteiger partial charge is 0.490 e. The highest BCUT2D eigenvalue weighted by Gasteiger charge is 2.10. The van der Waals surface area contributed by atoms with Gasteiger partial charge in [0.2, 0.25) is 0 Å². The minimum atomic E-state index is -0.00182. The molecule has 0 spiro atoms. The van der Waals surface area contributed by atoms with E-state index in [1.807, 2.05) is 32.0 Å². The van der Waals surface area contributed by atoms with E-state index in [4.69, 9.17) is 33.2 Å². The first-order chi connectivity index (χ1) is 9.51. The molecule has 4 heteroatoms. The van der Waals surface area contributed by atoms with E-state index in [9.17, 15) is 0 Å². The summed E-state index contributed by atoms with van der Waals surface area (Å²) in [6.07, 6.45) is -0.00182. The van der Waals surface area contributed by atoms with Gasteiger partial charge in [0.15, 0.2) is 0 Å². The van der Waals surface area contributed by atoms with Gasteiger partial charge in [0, 0.05) is 15.6 Å². The minimum Gasteiger partial charge on any atom is -0.490 e. The predicted octanol–water partition coefficient (Wildman–Crippen LogP) is 5.32. The van der Waals surface area contributed by atoms with Crippen LogP contribution in [0, 0.1) is 11.3 Å². The fraction of sp³-hybridized carbons (Fsp3) is 0.188. The molecule has 2 aromatic rings. The molecule has 0 saturated carbocycles. The van der Waals surface area contributed by atoms with Crippen molar-refractivity contribution in [1.82, 2.24) is 0 Å². The summed E-state index contributed by atoms with van der Waals surface area (Å²) >= 11 is 12.1. The molecule has 0 atom stereocenters. The average Bonchev–Trinajstić information content (AvgIpc) is 2.38. The zero-order valence-electron chi connectivity index (χ0n) is 11.2. The molecule has 0 aliphatic heterocycles. The molecule has 0 bridgehead atoms. The second-order valence-electron chi connectivity index (χ2n) is 4.61. The molecule has 2 rings (SSSR count). The van der Waals surface area contributed by atoms with Crippen LogP contribution in [0.4, 0.5) is 0 Å². The molecule has 0 heterocycles. The third-order valence-electron chi connectivity index (χ3n) is 2.71. The lowest BCUT2D eigenvalue weighted by atomic mass is 10.0. The Kier molecular flexibility index (Phi) is 4.54. The first kappa shape index (κ1) is 14.7. The number of ether oxygens (including phenoxy) is 1. The van der Waals surface area contributed by atoms with Crippen LogP contribution in [0.15, 0.2) is 36.4 Å². The van der Waals surface area contributed by atoms with Crippen molar-refractivity contribution in [1.29, 1.82) is 5.26 Å². The third-order valence-corrected chi connectivity index (χ3v) is 3.25. The van der Waals surface area contributed by atoms with Crippen LogP contribution in [-0.4, -0.2) is 6.10 Å². The highest BCUT2D eigenvalue weighted by Crippen LogP contribution is 2.33. The number of nitriles is 1. The van der Waals surface area contributed by atoms with E-state index in [1.165, 1.54) is 0 Å². The summed E-state index contributed by atoms with van der Waals surface area (Å²) < 4.78 is 5.67. The first-order valence-corrected chi connectivity index (χ1v) is 6.93. The van der Waals surface area contributed by atoms with Gasteiger partial charge in [-0.05, 0) is 43.7 Å². The first-order valence-electron chi connectivity index (χ1n) is 6.17. The number of benzene rings is 2. The number of rotatable bonds is 3. The average molecular weight is 306 g/mol. The zero-order chi connectivity index (χ0) is 14.7. The Labute approximate surface area is 128 Å². The predicted molar refractivity (Wildman–Crippen MR) is 82.4 cm³/mol. The molecular weight excluding hydrogens is 293 g/mol. The van der Waals surface area contributed by atoms with Gasteiger partial charge in [-0.1, -0.05) is 35.3 Å². The highest BCUT2D eigenvalue weighted by atomic mass is 35.5. The van der Waals surface area contributed by atoms with Gasteiger partial charge in [-0.15, -0.1) is 0 Å². The lowest BCUT2D eigenvalue weighted by Crippen LogP contribution is -2.06. The lowest BCUT2D eigenvalue weighted by Gasteiger charge is -2.13. The van der Waals surface area contributed by atoms with Crippen LogP contribution >= 0.6 is 23.2 Å². The van der Waals surface area contributed by atoms with E-state index in [1.54, 1.807) is 18.2 Å². The maximum Gasteiger partial charge on any atom is 0.138 e. The lowest BCUT2D eigenvalue weighted by molar-refractivity contribution is 0.242. The summed E-state index contributed by atoms with van der Waals surface area (Å²) in [6, 6.07) is 12.9. The standard InChI is InChI=1S/C16H13Cl2NO/c1-10(2)20-16-7-11(3-4-12(16)9-19)14-6-5-13(17)8-15(14)18/h3-8,10H,1-2H3. The fourth-order valence-corrected chi connectivity index (χ4v) is 2.37. The van der Waals surface area contributed by atoms with Crippen LogP contribution in [0.1, 0.15) is 19.4 Å². The number of nitrogens with zero attached hydrogens (tertiary/aromatic N) is 1. The molecule has 0 fully saturated rings. The summed E-state index contributed by atoms with van der Waals surface area (Å²) in [5, 5.41) is 10.3. The van der Waals surface area contributed by atoms with Crippen molar-refractivity contribution in [2.75, 3.05) is 0 Å². The number of hydrogen-bond acceptors (Lipinski definition) is 2. The van der Waals surface area contributed by atoms with Crippen LogP contribution in [0.25, 0.3) is 11.1 Å². The normalized spacial score (nSPS) is 10.4. The molecule has 0 aliphatic carbocycles. The Hall–Kier alpha value is -1.69. The van der Waals surface area contributed by atoms with E-state index < -0.39 is 0 Å². The molecule has 0 unspecified atom stereocenters. The Morgan fingerprint density at radius 2 is 1.85 bits per heavy atom. The molecule has 0 radical (unpaired) electrons. The molecule has 2 nitrogen and oxygen atoms in total. The van der Waals surface area contributed by atoms with Gasteiger partial charge in [-0.25, -0.2) is 0 Å². The maximum absolute atomic E-state index is 9.11. The molecule has 0 aromatic heterocycles. The van der Waals surface area contributed by atoms with Crippen LogP contribution < -0.4 is 4.74 Å². The Bertz CT molecular complexity index is 675. The molecule has 0 N–H and O–H groups in total. The number of halogens is 2. The van der Waals surface area contributed by atoms with E-state index in [0.717, 1.165) is 11.1 Å². The van der Waals surface area contributed by atoms with Gasteiger partial charge in [0.1, 0.15) is 11.8 Å². The Balaban J connectivity index is 2.50. The molecule has 102 valence electrons. The van der Waals surface area contributed by atoms with Crippen LogP contribution in [0.3, 0.4) is 0 Å². The summed E-state index contributed by atoms with van der Waals surface area (Å²) in [5.41, 5.74) is 2.25. The minimum absolute atomic E-state index is 0.00182. The molecule has 2 aromatic carbocycles. The SMILES string of the molecule is CC(C)Oc1cc(-c2ccc(Cl)cc2Cl)ccc1C#N. The van der Waals surface area contributed by atoms with E-state index >= 15 is 0 Å². The van der Waals surface area contributed by atoms with Gasteiger partial charge in [0.05, 0.1) is 11.7 Å². The second kappa shape index (κ2) is 6.17. The summed E-state index contributed by atoms with van der Waals surface area (Å²) in [6.45, 7) is 3.84. The second-order valence-corrected chi connectivity index (χ2v) is 5.46. The summed E-state index contributed by atoms with van der Waals surface area (Å²) in [7, 11) is 0. The van der Waals surface area contributed by atoms with E-state index in [-0.39, 0.29) is 6.10 Å². The van der Waals surface area contributed by atoms with E-state index in [2.05, 4.69) is 6.07 Å². The van der Waals surface area contributed by atoms with Gasteiger partial charge in [-0.2, -0.15) is 5.26 Å². The Morgan fingerprint density at radius 1 is 1.10 bits per heavy atom. The van der Waals surface area contributed by atoms with Crippen molar-refractivity contribution < 1.29 is 4.74 Å². The van der Waals surface area contributed by atoms with Gasteiger partial charge in [0.25, 0.3) is 0 Å². The highest BCUT2D eigenvalue weighted by molar-refractivity contribution is 6.36. The van der Waals surface area contributed by atoms with Crippen LogP contribution in [0.2, 0.25) is 10.0 Å². The van der Waals surface area contributed by atoms with Crippen molar-refractivity contribution in [2.24, 2.45) is 0 Å². The quantitative estimate of drug-likeness (QED) is 0.769. The van der Waals surface area contributed by atoms with Crippen molar-refractivity contribution in [2.45, 2.75) is 20.0 Å². The number of hydrogen-bond donors (Lipinski definition) is 0.